The maximum absolute atomic E-state index is 5.98. The second kappa shape index (κ2) is 4.22. The predicted octanol–water partition coefficient (Wildman–Crippen LogP) is 3.46. The normalized spacial score (nSPS) is 11.0. The summed E-state index contributed by atoms with van der Waals surface area (Å²) in [4.78, 5) is 6.69. The van der Waals surface area contributed by atoms with Crippen molar-refractivity contribution < 1.29 is 0 Å². The Hall–Kier alpha value is -1.66. The highest BCUT2D eigenvalue weighted by atomic mass is 32.1. The second-order valence-corrected chi connectivity index (χ2v) is 6.13. The zero-order chi connectivity index (χ0) is 12.7. The molecule has 0 aromatic carbocycles. The van der Waals surface area contributed by atoms with Crippen LogP contribution in [-0.2, 0) is 0 Å². The molecular weight excluding hydrogens is 264 g/mol. The number of thiophene rings is 1. The minimum atomic E-state index is 0.540. The second-order valence-electron chi connectivity index (χ2n) is 3.98. The Balaban J connectivity index is 2.23. The highest BCUT2D eigenvalue weighted by Gasteiger charge is 2.19. The third-order valence-corrected chi connectivity index (χ3v) is 4.67. The summed E-state index contributed by atoms with van der Waals surface area (Å²) in [7, 11) is 0. The summed E-state index contributed by atoms with van der Waals surface area (Å²) in [5.74, 6) is 0.540. The quantitative estimate of drug-likeness (QED) is 0.753. The number of nitrogen functional groups attached to an aromatic ring is 1. The van der Waals surface area contributed by atoms with Crippen LogP contribution in [0, 0.1) is 13.8 Å². The standard InChI is InChI=1S/C12H12N4S2/c1-6-11(18-7(2)14-6)10-9(12(13)16-15-10)8-4-3-5-17-8/h3-5H,1-2H3,(H3,13,15,16). The highest BCUT2D eigenvalue weighted by Crippen LogP contribution is 2.40. The fraction of sp³-hybridized carbons (Fsp3) is 0.167. The molecule has 0 radical (unpaired) electrons. The first-order chi connectivity index (χ1) is 8.66. The van der Waals surface area contributed by atoms with Crippen LogP contribution in [0.5, 0.6) is 0 Å². The lowest BCUT2D eigenvalue weighted by Gasteiger charge is -2.00. The number of anilines is 1. The molecule has 3 aromatic heterocycles. The maximum Gasteiger partial charge on any atom is 0.154 e. The predicted molar refractivity (Wildman–Crippen MR) is 76.9 cm³/mol. The molecule has 6 heteroatoms. The Labute approximate surface area is 113 Å². The SMILES string of the molecule is Cc1nc(C)c(-c2[nH]nc(N)c2-c2cccs2)s1. The van der Waals surface area contributed by atoms with Gasteiger partial charge in [0.1, 0.15) is 0 Å². The number of aromatic nitrogens is 3. The van der Waals surface area contributed by atoms with E-state index >= 15 is 0 Å². The van der Waals surface area contributed by atoms with Gasteiger partial charge in [0, 0.05) is 4.88 Å². The topological polar surface area (TPSA) is 67.6 Å². The van der Waals surface area contributed by atoms with Gasteiger partial charge in [0.2, 0.25) is 0 Å². The third kappa shape index (κ3) is 1.74. The average Bonchev–Trinajstić information content (AvgIpc) is 2.99. The average molecular weight is 276 g/mol. The van der Waals surface area contributed by atoms with Gasteiger partial charge in [-0.05, 0) is 25.3 Å². The van der Waals surface area contributed by atoms with E-state index in [4.69, 9.17) is 5.73 Å². The molecule has 0 aliphatic rings. The van der Waals surface area contributed by atoms with Crippen molar-refractivity contribution in [3.8, 4) is 21.0 Å². The van der Waals surface area contributed by atoms with Crippen LogP contribution < -0.4 is 5.73 Å². The van der Waals surface area contributed by atoms with Crippen molar-refractivity contribution in [2.45, 2.75) is 13.8 Å². The largest absolute Gasteiger partial charge is 0.382 e. The summed E-state index contributed by atoms with van der Waals surface area (Å²) in [6.45, 7) is 4.01. The van der Waals surface area contributed by atoms with Crippen molar-refractivity contribution in [2.75, 3.05) is 5.73 Å². The first-order valence-electron chi connectivity index (χ1n) is 5.49. The minimum Gasteiger partial charge on any atom is -0.382 e. The summed E-state index contributed by atoms with van der Waals surface area (Å²) in [5, 5.41) is 10.3. The van der Waals surface area contributed by atoms with Gasteiger partial charge in [-0.1, -0.05) is 6.07 Å². The summed E-state index contributed by atoms with van der Waals surface area (Å²) < 4.78 is 0. The molecule has 0 bridgehead atoms. The molecule has 0 aliphatic heterocycles. The van der Waals surface area contributed by atoms with E-state index in [0.717, 1.165) is 31.7 Å². The summed E-state index contributed by atoms with van der Waals surface area (Å²) in [6, 6.07) is 4.07. The number of nitrogens with zero attached hydrogens (tertiary/aromatic N) is 2. The number of H-pyrrole nitrogens is 1. The third-order valence-electron chi connectivity index (χ3n) is 2.69. The monoisotopic (exact) mass is 276 g/mol. The molecule has 4 nitrogen and oxygen atoms in total. The van der Waals surface area contributed by atoms with Crippen molar-refractivity contribution in [2.24, 2.45) is 0 Å². The van der Waals surface area contributed by atoms with E-state index in [1.165, 1.54) is 0 Å². The van der Waals surface area contributed by atoms with E-state index < -0.39 is 0 Å². The molecule has 0 unspecified atom stereocenters. The Morgan fingerprint density at radius 3 is 2.78 bits per heavy atom. The Kier molecular flexibility index (Phi) is 2.68. The zero-order valence-corrected chi connectivity index (χ0v) is 11.7. The van der Waals surface area contributed by atoms with E-state index in [0.29, 0.717) is 5.82 Å². The lowest BCUT2D eigenvalue weighted by Crippen LogP contribution is -1.86. The number of rotatable bonds is 2. The van der Waals surface area contributed by atoms with Crippen molar-refractivity contribution >= 4 is 28.5 Å². The molecule has 0 saturated carbocycles. The lowest BCUT2D eigenvalue weighted by atomic mass is 10.1. The van der Waals surface area contributed by atoms with Crippen LogP contribution in [0.4, 0.5) is 5.82 Å². The van der Waals surface area contributed by atoms with Gasteiger partial charge in [0.05, 0.1) is 26.8 Å². The van der Waals surface area contributed by atoms with Gasteiger partial charge in [-0.25, -0.2) is 4.98 Å². The van der Waals surface area contributed by atoms with Crippen molar-refractivity contribution in [1.82, 2.24) is 15.2 Å². The molecule has 0 spiro atoms. The molecule has 0 aliphatic carbocycles. The zero-order valence-electron chi connectivity index (χ0n) is 10.0. The molecule has 0 amide bonds. The molecule has 3 heterocycles. The van der Waals surface area contributed by atoms with Crippen molar-refractivity contribution in [1.29, 1.82) is 0 Å². The number of aromatic amines is 1. The van der Waals surface area contributed by atoms with Gasteiger partial charge in [-0.2, -0.15) is 5.10 Å². The number of nitrogens with two attached hydrogens (primary N) is 1. The smallest absolute Gasteiger partial charge is 0.154 e. The number of aryl methyl sites for hydroxylation is 2. The van der Waals surface area contributed by atoms with Gasteiger partial charge < -0.3 is 5.73 Å². The molecule has 3 aromatic rings. The van der Waals surface area contributed by atoms with E-state index in [2.05, 4.69) is 21.2 Å². The molecule has 3 N–H and O–H groups in total. The Morgan fingerprint density at radius 1 is 1.33 bits per heavy atom. The van der Waals surface area contributed by atoms with Crippen LogP contribution in [0.2, 0.25) is 0 Å². The van der Waals surface area contributed by atoms with E-state index in [1.54, 1.807) is 22.7 Å². The number of hydrogen-bond acceptors (Lipinski definition) is 5. The van der Waals surface area contributed by atoms with E-state index in [9.17, 15) is 0 Å². The molecule has 92 valence electrons. The highest BCUT2D eigenvalue weighted by molar-refractivity contribution is 7.15. The Morgan fingerprint density at radius 2 is 2.17 bits per heavy atom. The Bertz CT molecular complexity index is 679. The molecule has 0 saturated heterocycles. The van der Waals surface area contributed by atoms with Crippen LogP contribution in [0.3, 0.4) is 0 Å². The number of nitrogens with one attached hydrogen (secondary N) is 1. The van der Waals surface area contributed by atoms with Crippen molar-refractivity contribution in [3.63, 3.8) is 0 Å². The fourth-order valence-electron chi connectivity index (χ4n) is 1.95. The maximum atomic E-state index is 5.98. The fourth-order valence-corrected chi connectivity index (χ4v) is 3.66. The van der Waals surface area contributed by atoms with E-state index in [1.807, 2.05) is 25.3 Å². The molecule has 18 heavy (non-hydrogen) atoms. The van der Waals surface area contributed by atoms with Gasteiger partial charge in [0.15, 0.2) is 5.82 Å². The van der Waals surface area contributed by atoms with E-state index in [-0.39, 0.29) is 0 Å². The molecule has 0 atom stereocenters. The molecule has 3 rings (SSSR count). The molecule has 0 fully saturated rings. The summed E-state index contributed by atoms with van der Waals surface area (Å²) in [5.41, 5.74) is 8.94. The lowest BCUT2D eigenvalue weighted by molar-refractivity contribution is 1.10. The molecular formula is C12H12N4S2. The van der Waals surface area contributed by atoms with Crippen LogP contribution in [0.15, 0.2) is 17.5 Å². The van der Waals surface area contributed by atoms with Crippen LogP contribution >= 0.6 is 22.7 Å². The first kappa shape index (κ1) is 11.4. The van der Waals surface area contributed by atoms with Crippen LogP contribution in [-0.4, -0.2) is 15.2 Å². The van der Waals surface area contributed by atoms with Crippen LogP contribution in [0.25, 0.3) is 21.0 Å². The minimum absolute atomic E-state index is 0.540. The van der Waals surface area contributed by atoms with Crippen LogP contribution in [0.1, 0.15) is 10.7 Å². The van der Waals surface area contributed by atoms with Gasteiger partial charge in [0.25, 0.3) is 0 Å². The van der Waals surface area contributed by atoms with Crippen molar-refractivity contribution in [3.05, 3.63) is 28.2 Å². The van der Waals surface area contributed by atoms with Gasteiger partial charge in [-0.15, -0.1) is 22.7 Å². The first-order valence-corrected chi connectivity index (χ1v) is 7.18. The summed E-state index contributed by atoms with van der Waals surface area (Å²) >= 11 is 3.32. The van der Waals surface area contributed by atoms with Gasteiger partial charge >= 0.3 is 0 Å². The summed E-state index contributed by atoms with van der Waals surface area (Å²) in [6.07, 6.45) is 0. The number of thiazole rings is 1. The van der Waals surface area contributed by atoms with Gasteiger partial charge in [-0.3, -0.25) is 5.10 Å². The number of hydrogen-bond donors (Lipinski definition) is 2.